The van der Waals surface area contributed by atoms with Crippen LogP contribution in [0.3, 0.4) is 0 Å². The smallest absolute Gasteiger partial charge is 0.220 e. The largest absolute Gasteiger partial charge is 0.354 e. The minimum Gasteiger partial charge on any atom is -0.354 e. The maximum Gasteiger partial charge on any atom is 0.220 e. The fourth-order valence-electron chi connectivity index (χ4n) is 1.63. The van der Waals surface area contributed by atoms with Crippen LogP contribution in [0.4, 0.5) is 0 Å². The molecule has 106 valence electrons. The zero-order valence-electron chi connectivity index (χ0n) is 11.9. The van der Waals surface area contributed by atoms with E-state index in [1.54, 1.807) is 0 Å². The summed E-state index contributed by atoms with van der Waals surface area (Å²) >= 11 is 0. The van der Waals surface area contributed by atoms with Crippen LogP contribution in [0.25, 0.3) is 0 Å². The zero-order valence-corrected chi connectivity index (χ0v) is 11.9. The van der Waals surface area contributed by atoms with Gasteiger partial charge in [-0.3, -0.25) is 9.59 Å². The van der Waals surface area contributed by atoms with E-state index in [-0.39, 0.29) is 11.8 Å². The SMILES string of the molecule is CCCCCCC(=O)NCCNC(=O)CCCC. The fourth-order valence-corrected chi connectivity index (χ4v) is 1.63. The number of hydrogen-bond acceptors (Lipinski definition) is 2. The zero-order chi connectivity index (χ0) is 13.6. The van der Waals surface area contributed by atoms with Gasteiger partial charge in [-0.1, -0.05) is 39.5 Å². The summed E-state index contributed by atoms with van der Waals surface area (Å²) in [6.07, 6.45) is 7.61. The van der Waals surface area contributed by atoms with Crippen LogP contribution in [-0.2, 0) is 9.59 Å². The highest BCUT2D eigenvalue weighted by Gasteiger charge is 2.01. The molecule has 18 heavy (non-hydrogen) atoms. The van der Waals surface area contributed by atoms with Crippen LogP contribution < -0.4 is 10.6 Å². The Kier molecular flexibility index (Phi) is 11.7. The second-order valence-electron chi connectivity index (χ2n) is 4.61. The first-order valence-corrected chi connectivity index (χ1v) is 7.24. The Balaban J connectivity index is 3.31. The number of nitrogens with one attached hydrogen (secondary N) is 2. The van der Waals surface area contributed by atoms with Crippen molar-refractivity contribution >= 4 is 11.8 Å². The standard InChI is InChI=1S/C14H28N2O2/c1-3-5-7-8-10-14(18)16-12-11-15-13(17)9-6-4-2/h3-12H2,1-2H3,(H,15,17)(H,16,18). The molecule has 0 rings (SSSR count). The minimum atomic E-state index is 0.0778. The summed E-state index contributed by atoms with van der Waals surface area (Å²) in [6, 6.07) is 0. The molecule has 0 aromatic rings. The van der Waals surface area contributed by atoms with Crippen molar-refractivity contribution in [3.05, 3.63) is 0 Å². The third kappa shape index (κ3) is 11.4. The normalized spacial score (nSPS) is 10.1. The van der Waals surface area contributed by atoms with Crippen LogP contribution in [0.2, 0.25) is 0 Å². The van der Waals surface area contributed by atoms with Crippen LogP contribution >= 0.6 is 0 Å². The first-order valence-electron chi connectivity index (χ1n) is 7.24. The topological polar surface area (TPSA) is 58.2 Å². The Morgan fingerprint density at radius 3 is 1.72 bits per heavy atom. The van der Waals surface area contributed by atoms with Crippen molar-refractivity contribution in [2.45, 2.75) is 65.2 Å². The summed E-state index contributed by atoms with van der Waals surface area (Å²) in [4.78, 5) is 22.7. The molecule has 0 radical (unpaired) electrons. The Bertz CT molecular complexity index is 230. The molecule has 4 heteroatoms. The van der Waals surface area contributed by atoms with Crippen molar-refractivity contribution in [2.24, 2.45) is 0 Å². The van der Waals surface area contributed by atoms with Gasteiger partial charge in [-0.25, -0.2) is 0 Å². The molecule has 0 heterocycles. The predicted octanol–water partition coefficient (Wildman–Crippen LogP) is 2.38. The fraction of sp³-hybridized carbons (Fsp3) is 0.857. The summed E-state index contributed by atoms with van der Waals surface area (Å²) in [7, 11) is 0. The van der Waals surface area contributed by atoms with Gasteiger partial charge in [0.15, 0.2) is 0 Å². The molecule has 0 spiro atoms. The van der Waals surface area contributed by atoms with E-state index in [4.69, 9.17) is 0 Å². The summed E-state index contributed by atoms with van der Waals surface area (Å²) < 4.78 is 0. The lowest BCUT2D eigenvalue weighted by atomic mass is 10.1. The summed E-state index contributed by atoms with van der Waals surface area (Å²) in [5, 5.41) is 5.61. The molecule has 0 fully saturated rings. The number of hydrogen-bond donors (Lipinski definition) is 2. The molecule has 0 aromatic heterocycles. The van der Waals surface area contributed by atoms with Crippen molar-refractivity contribution < 1.29 is 9.59 Å². The van der Waals surface area contributed by atoms with Gasteiger partial charge in [0.2, 0.25) is 11.8 Å². The molecule has 0 unspecified atom stereocenters. The molecular weight excluding hydrogens is 228 g/mol. The van der Waals surface area contributed by atoms with E-state index in [1.807, 2.05) is 0 Å². The van der Waals surface area contributed by atoms with Gasteiger partial charge in [-0.15, -0.1) is 0 Å². The minimum absolute atomic E-state index is 0.0778. The molecule has 2 amide bonds. The highest BCUT2D eigenvalue weighted by atomic mass is 16.2. The van der Waals surface area contributed by atoms with Gasteiger partial charge in [0.05, 0.1) is 0 Å². The van der Waals surface area contributed by atoms with Crippen molar-refractivity contribution in [1.29, 1.82) is 0 Å². The summed E-state index contributed by atoms with van der Waals surface area (Å²) in [5.41, 5.74) is 0. The maximum absolute atomic E-state index is 11.4. The van der Waals surface area contributed by atoms with Crippen LogP contribution in [0.5, 0.6) is 0 Å². The maximum atomic E-state index is 11.4. The quantitative estimate of drug-likeness (QED) is 0.558. The van der Waals surface area contributed by atoms with Gasteiger partial charge in [-0.2, -0.15) is 0 Å². The van der Waals surface area contributed by atoms with Gasteiger partial charge in [0.25, 0.3) is 0 Å². The second kappa shape index (κ2) is 12.4. The van der Waals surface area contributed by atoms with Crippen molar-refractivity contribution in [3.63, 3.8) is 0 Å². The molecular formula is C14H28N2O2. The Labute approximate surface area is 111 Å². The van der Waals surface area contributed by atoms with E-state index in [9.17, 15) is 9.59 Å². The van der Waals surface area contributed by atoms with Gasteiger partial charge < -0.3 is 10.6 Å². The lowest BCUT2D eigenvalue weighted by Crippen LogP contribution is -2.34. The van der Waals surface area contributed by atoms with Gasteiger partial charge in [0, 0.05) is 25.9 Å². The lowest BCUT2D eigenvalue weighted by Gasteiger charge is -2.06. The predicted molar refractivity (Wildman–Crippen MR) is 74.3 cm³/mol. The van der Waals surface area contributed by atoms with Crippen LogP contribution in [-0.4, -0.2) is 24.9 Å². The molecule has 0 saturated carbocycles. The average Bonchev–Trinajstić information content (AvgIpc) is 2.37. The molecule has 0 bridgehead atoms. The molecule has 0 atom stereocenters. The van der Waals surface area contributed by atoms with E-state index in [0.29, 0.717) is 25.9 Å². The third-order valence-electron chi connectivity index (χ3n) is 2.78. The first kappa shape index (κ1) is 16.9. The van der Waals surface area contributed by atoms with Crippen LogP contribution in [0, 0.1) is 0 Å². The molecule has 0 aliphatic heterocycles. The molecule has 2 N–H and O–H groups in total. The van der Waals surface area contributed by atoms with Crippen molar-refractivity contribution in [2.75, 3.05) is 13.1 Å². The highest BCUT2D eigenvalue weighted by molar-refractivity contribution is 5.77. The highest BCUT2D eigenvalue weighted by Crippen LogP contribution is 2.01. The number of rotatable bonds is 11. The molecule has 0 saturated heterocycles. The van der Waals surface area contributed by atoms with Gasteiger partial charge >= 0.3 is 0 Å². The molecule has 0 aliphatic rings. The van der Waals surface area contributed by atoms with Crippen molar-refractivity contribution in [3.8, 4) is 0 Å². The van der Waals surface area contributed by atoms with Crippen LogP contribution in [0.15, 0.2) is 0 Å². The van der Waals surface area contributed by atoms with Crippen LogP contribution in [0.1, 0.15) is 65.2 Å². The Hall–Kier alpha value is -1.06. The number of carbonyl (C=O) groups is 2. The van der Waals surface area contributed by atoms with E-state index >= 15 is 0 Å². The number of unbranched alkanes of at least 4 members (excludes halogenated alkanes) is 4. The van der Waals surface area contributed by atoms with Crippen molar-refractivity contribution in [1.82, 2.24) is 10.6 Å². The first-order chi connectivity index (χ1) is 8.70. The summed E-state index contributed by atoms with van der Waals surface area (Å²) in [6.45, 7) is 5.28. The molecule has 0 aliphatic carbocycles. The van der Waals surface area contributed by atoms with E-state index in [0.717, 1.165) is 25.7 Å². The Morgan fingerprint density at radius 1 is 0.722 bits per heavy atom. The summed E-state index contributed by atoms with van der Waals surface area (Å²) in [5.74, 6) is 0.169. The van der Waals surface area contributed by atoms with Gasteiger partial charge in [-0.05, 0) is 12.8 Å². The number of carbonyl (C=O) groups excluding carboxylic acids is 2. The van der Waals surface area contributed by atoms with E-state index < -0.39 is 0 Å². The lowest BCUT2D eigenvalue weighted by molar-refractivity contribution is -0.123. The monoisotopic (exact) mass is 256 g/mol. The second-order valence-corrected chi connectivity index (χ2v) is 4.61. The third-order valence-corrected chi connectivity index (χ3v) is 2.78. The molecule has 4 nitrogen and oxygen atoms in total. The average molecular weight is 256 g/mol. The van der Waals surface area contributed by atoms with Gasteiger partial charge in [0.1, 0.15) is 0 Å². The van der Waals surface area contributed by atoms with E-state index in [1.165, 1.54) is 12.8 Å². The van der Waals surface area contributed by atoms with E-state index in [2.05, 4.69) is 24.5 Å². The number of amides is 2. The molecule has 0 aromatic carbocycles. The Morgan fingerprint density at radius 2 is 1.22 bits per heavy atom.